The molecular formula is C30H29Cl2N3O5S. The molecule has 1 saturated heterocycles. The van der Waals surface area contributed by atoms with Gasteiger partial charge in [0.1, 0.15) is 22.7 Å². The number of methoxy groups -OCH3 is 2. The Bertz CT molecular complexity index is 1600. The van der Waals surface area contributed by atoms with Crippen LogP contribution in [0.25, 0.3) is 21.5 Å². The molecule has 0 unspecified atom stereocenters. The topological polar surface area (TPSA) is 86.9 Å². The van der Waals surface area contributed by atoms with Crippen molar-refractivity contribution in [2.24, 2.45) is 11.8 Å². The summed E-state index contributed by atoms with van der Waals surface area (Å²) in [5.41, 5.74) is 3.59. The van der Waals surface area contributed by atoms with Crippen molar-refractivity contribution in [3.63, 3.8) is 0 Å². The lowest BCUT2D eigenvalue weighted by Crippen LogP contribution is -2.23. The molecule has 0 N–H and O–H groups in total. The quantitative estimate of drug-likeness (QED) is 0.190. The van der Waals surface area contributed by atoms with Crippen molar-refractivity contribution in [3.8, 4) is 17.0 Å². The SMILES string of the molecule is COC(=O)c1cc(OC)c2nc(N3C[C@@H]4CC(OCc5c(-c6c(Cl)cccc6Cl)noc5C5CC5)C[C@H]4C3)sc2c1. The summed E-state index contributed by atoms with van der Waals surface area (Å²) in [6, 6.07) is 8.99. The summed E-state index contributed by atoms with van der Waals surface area (Å²) in [7, 11) is 2.97. The molecule has 3 fully saturated rings. The number of hydrogen-bond donors (Lipinski definition) is 0. The second-order valence-corrected chi connectivity index (χ2v) is 12.9. The van der Waals surface area contributed by atoms with Gasteiger partial charge in [-0.25, -0.2) is 9.78 Å². The van der Waals surface area contributed by atoms with Crippen LogP contribution < -0.4 is 9.64 Å². The van der Waals surface area contributed by atoms with Crippen LogP contribution in [0.5, 0.6) is 5.75 Å². The third-order valence-corrected chi connectivity index (χ3v) is 10.2. The van der Waals surface area contributed by atoms with Gasteiger partial charge in [0.2, 0.25) is 0 Å². The van der Waals surface area contributed by atoms with Crippen LogP contribution in [0, 0.1) is 11.8 Å². The molecule has 11 heteroatoms. The number of carbonyl (C=O) groups is 1. The highest BCUT2D eigenvalue weighted by molar-refractivity contribution is 7.22. The average molecular weight is 615 g/mol. The minimum atomic E-state index is -0.389. The van der Waals surface area contributed by atoms with Crippen LogP contribution in [0.2, 0.25) is 10.0 Å². The van der Waals surface area contributed by atoms with E-state index >= 15 is 0 Å². The molecule has 214 valence electrons. The van der Waals surface area contributed by atoms with E-state index in [0.717, 1.165) is 65.4 Å². The highest BCUT2D eigenvalue weighted by Gasteiger charge is 2.43. The van der Waals surface area contributed by atoms with E-state index < -0.39 is 0 Å². The highest BCUT2D eigenvalue weighted by atomic mass is 35.5. The first-order chi connectivity index (χ1) is 19.9. The zero-order chi connectivity index (χ0) is 28.2. The summed E-state index contributed by atoms with van der Waals surface area (Å²) < 4.78 is 23.7. The third kappa shape index (κ3) is 4.96. The number of rotatable bonds is 8. The molecule has 2 saturated carbocycles. The van der Waals surface area contributed by atoms with Gasteiger partial charge in [0, 0.05) is 30.1 Å². The van der Waals surface area contributed by atoms with E-state index in [-0.39, 0.29) is 12.1 Å². The number of carbonyl (C=O) groups excluding carboxylic acids is 1. The first kappa shape index (κ1) is 27.0. The van der Waals surface area contributed by atoms with Crippen LogP contribution >= 0.6 is 34.5 Å². The Labute approximate surface area is 251 Å². The summed E-state index contributed by atoms with van der Waals surface area (Å²) in [6.07, 6.45) is 4.36. The molecule has 4 aromatic rings. The van der Waals surface area contributed by atoms with Crippen molar-refractivity contribution in [1.29, 1.82) is 0 Å². The zero-order valence-corrected chi connectivity index (χ0v) is 25.0. The van der Waals surface area contributed by atoms with Gasteiger partial charge in [-0.3, -0.25) is 0 Å². The maximum Gasteiger partial charge on any atom is 0.338 e. The van der Waals surface area contributed by atoms with E-state index in [4.69, 9.17) is 46.9 Å². The Morgan fingerprint density at radius 1 is 1.12 bits per heavy atom. The number of ether oxygens (including phenoxy) is 3. The number of anilines is 1. The van der Waals surface area contributed by atoms with E-state index in [1.807, 2.05) is 24.3 Å². The zero-order valence-electron chi connectivity index (χ0n) is 22.7. The van der Waals surface area contributed by atoms with Gasteiger partial charge in [-0.15, -0.1) is 0 Å². The van der Waals surface area contributed by atoms with E-state index in [2.05, 4.69) is 10.1 Å². The summed E-state index contributed by atoms with van der Waals surface area (Å²) in [4.78, 5) is 19.4. The van der Waals surface area contributed by atoms with Crippen LogP contribution in [0.3, 0.4) is 0 Å². The van der Waals surface area contributed by atoms with Crippen molar-refractivity contribution in [2.45, 2.75) is 44.3 Å². The molecule has 3 aliphatic rings. The second-order valence-electron chi connectivity index (χ2n) is 11.1. The first-order valence-corrected chi connectivity index (χ1v) is 15.4. The van der Waals surface area contributed by atoms with Gasteiger partial charge in [-0.05, 0) is 61.8 Å². The van der Waals surface area contributed by atoms with Crippen molar-refractivity contribution in [1.82, 2.24) is 10.1 Å². The van der Waals surface area contributed by atoms with Gasteiger partial charge in [0.15, 0.2) is 5.13 Å². The molecule has 0 radical (unpaired) electrons. The number of thiazole rings is 1. The minimum absolute atomic E-state index is 0.168. The molecule has 0 amide bonds. The number of benzene rings is 2. The fraction of sp³-hybridized carbons (Fsp3) is 0.433. The predicted octanol–water partition coefficient (Wildman–Crippen LogP) is 7.36. The number of halogens is 2. The molecular weight excluding hydrogens is 585 g/mol. The smallest absolute Gasteiger partial charge is 0.338 e. The maximum atomic E-state index is 12.1. The molecule has 2 aliphatic carbocycles. The van der Waals surface area contributed by atoms with Crippen molar-refractivity contribution >= 4 is 55.9 Å². The van der Waals surface area contributed by atoms with Crippen LogP contribution in [0.15, 0.2) is 34.9 Å². The van der Waals surface area contributed by atoms with Gasteiger partial charge >= 0.3 is 5.97 Å². The van der Waals surface area contributed by atoms with Gasteiger partial charge < -0.3 is 23.6 Å². The molecule has 2 atom stereocenters. The molecule has 41 heavy (non-hydrogen) atoms. The Morgan fingerprint density at radius 2 is 1.85 bits per heavy atom. The first-order valence-electron chi connectivity index (χ1n) is 13.8. The van der Waals surface area contributed by atoms with Gasteiger partial charge in [0.05, 0.1) is 47.2 Å². The lowest BCUT2D eigenvalue weighted by molar-refractivity contribution is 0.0403. The predicted molar refractivity (Wildman–Crippen MR) is 158 cm³/mol. The maximum absolute atomic E-state index is 12.1. The minimum Gasteiger partial charge on any atom is -0.494 e. The van der Waals surface area contributed by atoms with E-state index in [9.17, 15) is 4.79 Å². The molecule has 2 aromatic heterocycles. The summed E-state index contributed by atoms with van der Waals surface area (Å²) in [5, 5.41) is 6.45. The van der Waals surface area contributed by atoms with Crippen molar-refractivity contribution < 1.29 is 23.5 Å². The van der Waals surface area contributed by atoms with Crippen molar-refractivity contribution in [3.05, 3.63) is 57.3 Å². The largest absolute Gasteiger partial charge is 0.494 e. The average Bonchev–Trinajstić information content (AvgIpc) is 3.26. The molecule has 7 rings (SSSR count). The summed E-state index contributed by atoms with van der Waals surface area (Å²) in [6.45, 7) is 2.29. The molecule has 0 spiro atoms. The summed E-state index contributed by atoms with van der Waals surface area (Å²) in [5.74, 6) is 2.55. The third-order valence-electron chi connectivity index (χ3n) is 8.50. The standard InChI is InChI=1S/C30H29Cl2N3O5S/c1-37-23-10-16(29(36)38-2)11-24-27(23)33-30(41-24)35-12-17-8-19(9-18(17)13-35)39-14-20-26(34-40-28(20)15-6-7-15)25-21(31)4-3-5-22(25)32/h3-5,10-11,15,17-19H,6-9,12-14H2,1-2H3/t17-,18-/m0/s1. The second kappa shape index (κ2) is 10.8. The number of aromatic nitrogens is 2. The highest BCUT2D eigenvalue weighted by Crippen LogP contribution is 2.47. The van der Waals surface area contributed by atoms with Gasteiger partial charge in [-0.2, -0.15) is 0 Å². The van der Waals surface area contributed by atoms with E-state index in [0.29, 0.717) is 57.0 Å². The molecule has 8 nitrogen and oxygen atoms in total. The van der Waals surface area contributed by atoms with E-state index in [1.165, 1.54) is 7.11 Å². The van der Waals surface area contributed by atoms with Crippen molar-refractivity contribution in [2.75, 3.05) is 32.2 Å². The normalized spacial score (nSPS) is 20.6. The van der Waals surface area contributed by atoms with Gasteiger partial charge in [-0.1, -0.05) is 45.8 Å². The Morgan fingerprint density at radius 3 is 2.51 bits per heavy atom. The number of fused-ring (bicyclic) bond motifs is 2. The Balaban J connectivity index is 1.04. The number of nitrogens with zero attached hydrogens (tertiary/aromatic N) is 3. The molecule has 2 aromatic carbocycles. The fourth-order valence-electron chi connectivity index (χ4n) is 6.30. The number of esters is 1. The Kier molecular flexibility index (Phi) is 7.09. The lowest BCUT2D eigenvalue weighted by atomic mass is 10.0. The fourth-order valence-corrected chi connectivity index (χ4v) is 7.92. The molecule has 0 bridgehead atoms. The number of hydrogen-bond acceptors (Lipinski definition) is 9. The Hall–Kier alpha value is -2.85. The molecule has 3 heterocycles. The molecule has 1 aliphatic heterocycles. The van der Waals surface area contributed by atoms with Crippen LogP contribution in [0.4, 0.5) is 5.13 Å². The summed E-state index contributed by atoms with van der Waals surface area (Å²) >= 11 is 14.6. The monoisotopic (exact) mass is 613 g/mol. The van der Waals surface area contributed by atoms with E-state index in [1.54, 1.807) is 24.5 Å². The van der Waals surface area contributed by atoms with Gasteiger partial charge in [0.25, 0.3) is 0 Å². The lowest BCUT2D eigenvalue weighted by Gasteiger charge is -2.19. The van der Waals surface area contributed by atoms with Crippen LogP contribution in [0.1, 0.15) is 53.3 Å². The van der Waals surface area contributed by atoms with Crippen LogP contribution in [-0.2, 0) is 16.1 Å². The van der Waals surface area contributed by atoms with Crippen LogP contribution in [-0.4, -0.2) is 49.5 Å².